The van der Waals surface area contributed by atoms with E-state index in [4.69, 9.17) is 0 Å². The van der Waals surface area contributed by atoms with Gasteiger partial charge in [0, 0.05) is 6.42 Å². The minimum atomic E-state index is -4.10. The zero-order valence-corrected chi connectivity index (χ0v) is 16.5. The number of hydrogen-bond donors (Lipinski definition) is 0. The molecular weight excluding hydrogens is 384 g/mol. The third kappa shape index (κ3) is 4.36. The maximum absolute atomic E-state index is 12.7. The van der Waals surface area contributed by atoms with Gasteiger partial charge in [0.1, 0.15) is 0 Å². The molecule has 6 nitrogen and oxygen atoms in total. The second-order valence-corrected chi connectivity index (χ2v) is 10.4. The van der Waals surface area contributed by atoms with E-state index in [9.17, 15) is 27.4 Å². The summed E-state index contributed by atoms with van der Waals surface area (Å²) >= 11 is 0. The smallest absolute Gasteiger partial charge is 0.194 e. The first-order valence-electron chi connectivity index (χ1n) is 8.03. The van der Waals surface area contributed by atoms with E-state index in [-0.39, 0.29) is 9.79 Å². The zero-order valence-electron chi connectivity index (χ0n) is 14.8. The molecular formula is C19H18N2O4S2. The molecule has 0 aliphatic carbocycles. The summed E-state index contributed by atoms with van der Waals surface area (Å²) in [6, 6.07) is 15.1. The molecule has 2 aromatic carbocycles. The molecule has 0 heterocycles. The number of sulfone groups is 2. The Kier molecular flexibility index (Phi) is 6.04. The third-order valence-corrected chi connectivity index (χ3v) is 8.12. The number of aryl methyl sites for hydroxylation is 2. The number of rotatable bonds is 6. The van der Waals surface area contributed by atoms with Gasteiger partial charge in [-0.2, -0.15) is 10.5 Å². The SMILES string of the molecule is Cc1ccc(S(=O)(=O)[C@H](C#N)C[C@H](C#N)S(=O)(=O)c2ccc(C)cc2)cc1. The van der Waals surface area contributed by atoms with E-state index >= 15 is 0 Å². The van der Waals surface area contributed by atoms with Crippen molar-refractivity contribution in [3.8, 4) is 12.1 Å². The fourth-order valence-electron chi connectivity index (χ4n) is 2.48. The predicted octanol–water partition coefficient (Wildman–Crippen LogP) is 2.73. The van der Waals surface area contributed by atoms with Crippen LogP contribution in [0.4, 0.5) is 0 Å². The number of nitrogens with zero attached hydrogens (tertiary/aromatic N) is 2. The second kappa shape index (κ2) is 7.91. The lowest BCUT2D eigenvalue weighted by Crippen LogP contribution is -2.29. The Bertz CT molecular complexity index is 1010. The molecule has 0 saturated heterocycles. The highest BCUT2D eigenvalue weighted by Crippen LogP contribution is 2.25. The molecule has 0 aliphatic heterocycles. The van der Waals surface area contributed by atoms with Gasteiger partial charge >= 0.3 is 0 Å². The van der Waals surface area contributed by atoms with Crippen molar-refractivity contribution in [2.75, 3.05) is 0 Å². The monoisotopic (exact) mass is 402 g/mol. The topological polar surface area (TPSA) is 116 Å². The van der Waals surface area contributed by atoms with E-state index in [0.717, 1.165) is 11.1 Å². The van der Waals surface area contributed by atoms with E-state index in [1.165, 1.54) is 24.3 Å². The average Bonchev–Trinajstić information content (AvgIpc) is 2.63. The van der Waals surface area contributed by atoms with Crippen LogP contribution in [0.2, 0.25) is 0 Å². The lowest BCUT2D eigenvalue weighted by molar-refractivity contribution is 0.576. The van der Waals surface area contributed by atoms with E-state index in [2.05, 4.69) is 0 Å². The average molecular weight is 402 g/mol. The summed E-state index contributed by atoms with van der Waals surface area (Å²) < 4.78 is 50.8. The molecule has 0 fully saturated rings. The Hall–Kier alpha value is -2.68. The summed E-state index contributed by atoms with van der Waals surface area (Å²) in [4.78, 5) is -0.159. The Morgan fingerprint density at radius 3 is 1.26 bits per heavy atom. The van der Waals surface area contributed by atoms with Crippen LogP contribution in [-0.2, 0) is 19.7 Å². The van der Waals surface area contributed by atoms with Gasteiger partial charge in [-0.3, -0.25) is 0 Å². The van der Waals surface area contributed by atoms with Crippen molar-refractivity contribution in [1.29, 1.82) is 10.5 Å². The molecule has 0 N–H and O–H groups in total. The van der Waals surface area contributed by atoms with Gasteiger partial charge in [-0.05, 0) is 38.1 Å². The lowest BCUT2D eigenvalue weighted by atomic mass is 10.2. The van der Waals surface area contributed by atoms with Gasteiger partial charge in [0.15, 0.2) is 30.2 Å². The molecule has 0 bridgehead atoms. The first kappa shape index (κ1) is 20.6. The van der Waals surface area contributed by atoms with Crippen LogP contribution in [0, 0.1) is 36.5 Å². The highest BCUT2D eigenvalue weighted by Gasteiger charge is 2.36. The molecule has 0 saturated carbocycles. The summed E-state index contributed by atoms with van der Waals surface area (Å²) in [5.74, 6) is 0. The van der Waals surface area contributed by atoms with Crippen molar-refractivity contribution >= 4 is 19.7 Å². The van der Waals surface area contributed by atoms with Crippen molar-refractivity contribution < 1.29 is 16.8 Å². The maximum Gasteiger partial charge on any atom is 0.194 e. The minimum Gasteiger partial charge on any atom is -0.222 e. The molecule has 140 valence electrons. The molecule has 2 atom stereocenters. The summed E-state index contributed by atoms with van der Waals surface area (Å²) in [5.41, 5.74) is 1.69. The van der Waals surface area contributed by atoms with Crippen LogP contribution in [0.5, 0.6) is 0 Å². The van der Waals surface area contributed by atoms with Gasteiger partial charge in [-0.25, -0.2) is 16.8 Å². The quantitative estimate of drug-likeness (QED) is 0.733. The standard InChI is InChI=1S/C19H18N2O4S2/c1-14-3-7-16(8-4-14)26(22,23)18(12-20)11-19(13-21)27(24,25)17-9-5-15(2)6-10-17/h3-10,18-19H,11H2,1-2H3/t18-,19+. The Morgan fingerprint density at radius 1 is 0.704 bits per heavy atom. The van der Waals surface area contributed by atoms with Gasteiger partial charge in [0.05, 0.1) is 21.9 Å². The van der Waals surface area contributed by atoms with Gasteiger partial charge < -0.3 is 0 Å². The van der Waals surface area contributed by atoms with Gasteiger partial charge in [-0.15, -0.1) is 0 Å². The Balaban J connectivity index is 2.38. The van der Waals surface area contributed by atoms with E-state index < -0.39 is 36.6 Å². The third-order valence-electron chi connectivity index (χ3n) is 4.16. The van der Waals surface area contributed by atoms with Crippen molar-refractivity contribution in [3.63, 3.8) is 0 Å². The lowest BCUT2D eigenvalue weighted by Gasteiger charge is -2.15. The summed E-state index contributed by atoms with van der Waals surface area (Å²) in [6.45, 7) is 3.58. The number of benzene rings is 2. The van der Waals surface area contributed by atoms with E-state index in [1.807, 2.05) is 0 Å². The fraction of sp³-hybridized carbons (Fsp3) is 0.263. The largest absolute Gasteiger partial charge is 0.222 e. The van der Waals surface area contributed by atoms with Crippen LogP contribution in [-0.4, -0.2) is 27.3 Å². The van der Waals surface area contributed by atoms with Crippen LogP contribution < -0.4 is 0 Å². The second-order valence-electron chi connectivity index (χ2n) is 6.19. The first-order valence-corrected chi connectivity index (χ1v) is 11.1. The van der Waals surface area contributed by atoms with Crippen molar-refractivity contribution in [3.05, 3.63) is 59.7 Å². The van der Waals surface area contributed by atoms with Crippen molar-refractivity contribution in [2.24, 2.45) is 0 Å². The van der Waals surface area contributed by atoms with Crippen molar-refractivity contribution in [2.45, 2.75) is 40.6 Å². The van der Waals surface area contributed by atoms with E-state index in [0.29, 0.717) is 0 Å². The summed E-state index contributed by atoms with van der Waals surface area (Å²) in [6.07, 6.45) is -0.626. The normalized spacial score (nSPS) is 13.9. The van der Waals surface area contributed by atoms with Crippen LogP contribution in [0.3, 0.4) is 0 Å². The molecule has 8 heteroatoms. The molecule has 0 unspecified atom stereocenters. The maximum atomic E-state index is 12.7. The van der Waals surface area contributed by atoms with Crippen LogP contribution >= 0.6 is 0 Å². The zero-order chi connectivity index (χ0) is 20.2. The molecule has 0 amide bonds. The van der Waals surface area contributed by atoms with Crippen LogP contribution in [0.25, 0.3) is 0 Å². The number of nitriles is 2. The van der Waals surface area contributed by atoms with Gasteiger partial charge in [0.2, 0.25) is 0 Å². The molecule has 2 rings (SSSR count). The molecule has 2 aromatic rings. The van der Waals surface area contributed by atoms with Crippen LogP contribution in [0.15, 0.2) is 58.3 Å². The molecule has 0 spiro atoms. The van der Waals surface area contributed by atoms with Gasteiger partial charge in [0.25, 0.3) is 0 Å². The highest BCUT2D eigenvalue weighted by atomic mass is 32.2. The molecule has 27 heavy (non-hydrogen) atoms. The molecule has 0 aromatic heterocycles. The van der Waals surface area contributed by atoms with Crippen LogP contribution in [0.1, 0.15) is 17.5 Å². The first-order chi connectivity index (χ1) is 12.6. The molecule has 0 aliphatic rings. The Labute approximate surface area is 159 Å². The van der Waals surface area contributed by atoms with E-state index in [1.54, 1.807) is 50.3 Å². The van der Waals surface area contributed by atoms with Gasteiger partial charge in [-0.1, -0.05) is 35.4 Å². The molecule has 0 radical (unpaired) electrons. The summed E-state index contributed by atoms with van der Waals surface area (Å²) in [7, 11) is -8.20. The predicted molar refractivity (Wildman–Crippen MR) is 100 cm³/mol. The Morgan fingerprint density at radius 2 is 1.00 bits per heavy atom. The highest BCUT2D eigenvalue weighted by molar-refractivity contribution is 7.93. The van der Waals surface area contributed by atoms with Crippen molar-refractivity contribution in [1.82, 2.24) is 0 Å². The minimum absolute atomic E-state index is 0.0796. The fourth-order valence-corrected chi connectivity index (χ4v) is 5.46. The summed E-state index contributed by atoms with van der Waals surface area (Å²) in [5, 5.41) is 15.4. The number of hydrogen-bond acceptors (Lipinski definition) is 6.